The Kier molecular flexibility index (Phi) is 7.68. The van der Waals surface area contributed by atoms with E-state index in [4.69, 9.17) is 33.7 Å². The van der Waals surface area contributed by atoms with Gasteiger partial charge in [0, 0.05) is 46.5 Å². The second kappa shape index (κ2) is 10.2. The quantitative estimate of drug-likeness (QED) is 0.466. The summed E-state index contributed by atoms with van der Waals surface area (Å²) in [6, 6.07) is 13.2. The highest BCUT2D eigenvalue weighted by molar-refractivity contribution is 6.36. The summed E-state index contributed by atoms with van der Waals surface area (Å²) in [6.07, 6.45) is 0.789. The fourth-order valence-electron chi connectivity index (χ4n) is 3.70. The van der Waals surface area contributed by atoms with E-state index in [0.29, 0.717) is 34.5 Å². The lowest BCUT2D eigenvalue weighted by atomic mass is 9.92. The molecule has 0 aliphatic carbocycles. The van der Waals surface area contributed by atoms with Gasteiger partial charge in [0.05, 0.1) is 7.11 Å². The van der Waals surface area contributed by atoms with Gasteiger partial charge in [-0.2, -0.15) is 0 Å². The van der Waals surface area contributed by atoms with E-state index in [9.17, 15) is 4.79 Å². The molecule has 0 atom stereocenters. The van der Waals surface area contributed by atoms with Crippen LogP contribution < -0.4 is 10.5 Å². The van der Waals surface area contributed by atoms with Gasteiger partial charge in [0.1, 0.15) is 11.4 Å². The van der Waals surface area contributed by atoms with Gasteiger partial charge in [-0.05, 0) is 54.9 Å². The summed E-state index contributed by atoms with van der Waals surface area (Å²) in [5.74, 6) is 0.810. The number of carbonyl (C=O) groups excluding carboxylic acids is 1. The minimum Gasteiger partial charge on any atom is -0.497 e. The standard InChI is InChI=1S/C24H25Cl2N3O2/c1-15-20(11-27)24(19-9-6-17(25)10-22(19)26)21(23(14-30)28-15)13-29(2)12-16-4-7-18(31-3)8-5-16/h4-10,14H,11-13,27H2,1-3H3. The molecule has 1 aromatic heterocycles. The molecule has 1 heterocycles. The zero-order valence-corrected chi connectivity index (χ0v) is 19.3. The van der Waals surface area contributed by atoms with Gasteiger partial charge in [-0.3, -0.25) is 9.69 Å². The number of aryl methyl sites for hydroxylation is 1. The summed E-state index contributed by atoms with van der Waals surface area (Å²) in [7, 11) is 3.64. The molecule has 3 aromatic rings. The fourth-order valence-corrected chi connectivity index (χ4v) is 4.20. The summed E-state index contributed by atoms with van der Waals surface area (Å²) in [4.78, 5) is 18.6. The maximum Gasteiger partial charge on any atom is 0.168 e. The first-order chi connectivity index (χ1) is 14.9. The summed E-state index contributed by atoms with van der Waals surface area (Å²) in [5, 5.41) is 1.05. The van der Waals surface area contributed by atoms with E-state index in [0.717, 1.165) is 39.9 Å². The molecule has 0 fully saturated rings. The van der Waals surface area contributed by atoms with E-state index in [1.54, 1.807) is 19.2 Å². The normalized spacial score (nSPS) is 11.1. The highest BCUT2D eigenvalue weighted by Crippen LogP contribution is 2.37. The van der Waals surface area contributed by atoms with Crippen molar-refractivity contribution in [1.82, 2.24) is 9.88 Å². The van der Waals surface area contributed by atoms with E-state index in [1.165, 1.54) is 0 Å². The third kappa shape index (κ3) is 5.25. The largest absolute Gasteiger partial charge is 0.497 e. The first kappa shape index (κ1) is 23.2. The number of aromatic nitrogens is 1. The van der Waals surface area contributed by atoms with E-state index in [-0.39, 0.29) is 6.54 Å². The molecule has 0 bridgehead atoms. The fraction of sp³-hybridized carbons (Fsp3) is 0.250. The number of carbonyl (C=O) groups is 1. The van der Waals surface area contributed by atoms with Crippen LogP contribution in [0, 0.1) is 6.92 Å². The van der Waals surface area contributed by atoms with Crippen LogP contribution in [-0.4, -0.2) is 30.3 Å². The molecule has 2 N–H and O–H groups in total. The van der Waals surface area contributed by atoms with Crippen LogP contribution in [0.5, 0.6) is 5.75 Å². The Hall–Kier alpha value is -2.44. The van der Waals surface area contributed by atoms with Gasteiger partial charge < -0.3 is 10.5 Å². The minimum absolute atomic E-state index is 0.279. The van der Waals surface area contributed by atoms with E-state index in [1.807, 2.05) is 44.3 Å². The molecular formula is C24H25Cl2N3O2. The third-order valence-corrected chi connectivity index (χ3v) is 5.74. The minimum atomic E-state index is 0.279. The molecule has 5 nitrogen and oxygen atoms in total. The molecule has 0 saturated carbocycles. The van der Waals surface area contributed by atoms with Crippen LogP contribution in [-0.2, 0) is 19.6 Å². The highest BCUT2D eigenvalue weighted by atomic mass is 35.5. The summed E-state index contributed by atoms with van der Waals surface area (Å²) < 4.78 is 5.23. The van der Waals surface area contributed by atoms with Crippen molar-refractivity contribution in [2.75, 3.05) is 14.2 Å². The number of hydrogen-bond acceptors (Lipinski definition) is 5. The molecule has 3 rings (SSSR count). The number of nitrogens with zero attached hydrogens (tertiary/aromatic N) is 2. The number of halogens is 2. The van der Waals surface area contributed by atoms with Gasteiger partial charge in [-0.25, -0.2) is 4.98 Å². The molecule has 0 unspecified atom stereocenters. The number of benzene rings is 2. The summed E-state index contributed by atoms with van der Waals surface area (Å²) in [6.45, 7) is 3.31. The molecule has 0 amide bonds. The topological polar surface area (TPSA) is 68.5 Å². The summed E-state index contributed by atoms with van der Waals surface area (Å²) >= 11 is 12.7. The van der Waals surface area contributed by atoms with Crippen molar-refractivity contribution < 1.29 is 9.53 Å². The van der Waals surface area contributed by atoms with Crippen LogP contribution in [0.2, 0.25) is 10.0 Å². The average molecular weight is 458 g/mol. The molecule has 0 saturated heterocycles. The van der Waals surface area contributed by atoms with Crippen molar-refractivity contribution >= 4 is 29.5 Å². The molecule has 162 valence electrons. The number of hydrogen-bond donors (Lipinski definition) is 1. The molecular weight excluding hydrogens is 433 g/mol. The molecule has 0 spiro atoms. The zero-order chi connectivity index (χ0) is 22.5. The monoisotopic (exact) mass is 457 g/mol. The molecule has 31 heavy (non-hydrogen) atoms. The molecule has 0 radical (unpaired) electrons. The first-order valence-electron chi connectivity index (χ1n) is 9.82. The lowest BCUT2D eigenvalue weighted by Gasteiger charge is -2.23. The molecule has 7 heteroatoms. The third-order valence-electron chi connectivity index (χ3n) is 5.19. The Labute approximate surface area is 192 Å². The van der Waals surface area contributed by atoms with E-state index >= 15 is 0 Å². The van der Waals surface area contributed by atoms with Gasteiger partial charge >= 0.3 is 0 Å². The smallest absolute Gasteiger partial charge is 0.168 e. The molecule has 2 aromatic carbocycles. The SMILES string of the molecule is COc1ccc(CN(C)Cc2c(C=O)nc(C)c(CN)c2-c2ccc(Cl)cc2Cl)cc1. The summed E-state index contributed by atoms with van der Waals surface area (Å²) in [5.41, 5.74) is 11.6. The highest BCUT2D eigenvalue weighted by Gasteiger charge is 2.21. The zero-order valence-electron chi connectivity index (χ0n) is 17.8. The Morgan fingerprint density at radius 2 is 1.81 bits per heavy atom. The number of aldehydes is 1. The van der Waals surface area contributed by atoms with Crippen LogP contribution in [0.25, 0.3) is 11.1 Å². The first-order valence-corrected chi connectivity index (χ1v) is 10.6. The van der Waals surface area contributed by atoms with Gasteiger partial charge in [-0.1, -0.05) is 41.4 Å². The van der Waals surface area contributed by atoms with Crippen molar-refractivity contribution in [2.24, 2.45) is 5.73 Å². The Bertz CT molecular complexity index is 1090. The predicted molar refractivity (Wildman–Crippen MR) is 126 cm³/mol. The van der Waals surface area contributed by atoms with E-state index in [2.05, 4.69) is 9.88 Å². The van der Waals surface area contributed by atoms with Crippen molar-refractivity contribution in [2.45, 2.75) is 26.6 Å². The van der Waals surface area contributed by atoms with Crippen molar-refractivity contribution in [3.8, 4) is 16.9 Å². The van der Waals surface area contributed by atoms with Gasteiger partial charge in [0.25, 0.3) is 0 Å². The number of rotatable bonds is 8. The lowest BCUT2D eigenvalue weighted by Crippen LogP contribution is -2.21. The number of nitrogens with two attached hydrogens (primary N) is 1. The molecule has 0 aliphatic rings. The number of methoxy groups -OCH3 is 1. The maximum atomic E-state index is 11.9. The van der Waals surface area contributed by atoms with Crippen molar-refractivity contribution in [3.05, 3.63) is 80.6 Å². The second-order valence-electron chi connectivity index (χ2n) is 7.38. The van der Waals surface area contributed by atoms with Crippen molar-refractivity contribution in [1.29, 1.82) is 0 Å². The number of ether oxygens (including phenoxy) is 1. The van der Waals surface area contributed by atoms with Crippen molar-refractivity contribution in [3.63, 3.8) is 0 Å². The van der Waals surface area contributed by atoms with E-state index < -0.39 is 0 Å². The van der Waals surface area contributed by atoms with Gasteiger partial charge in [0.15, 0.2) is 6.29 Å². The van der Waals surface area contributed by atoms with Crippen LogP contribution in [0.15, 0.2) is 42.5 Å². The maximum absolute atomic E-state index is 11.9. The Balaban J connectivity index is 2.05. The average Bonchev–Trinajstić information content (AvgIpc) is 2.75. The lowest BCUT2D eigenvalue weighted by molar-refractivity contribution is 0.111. The Morgan fingerprint density at radius 1 is 1.10 bits per heavy atom. The van der Waals surface area contributed by atoms with Crippen LogP contribution in [0.4, 0.5) is 0 Å². The van der Waals surface area contributed by atoms with Gasteiger partial charge in [0.2, 0.25) is 0 Å². The second-order valence-corrected chi connectivity index (χ2v) is 8.22. The number of pyridine rings is 1. The predicted octanol–water partition coefficient (Wildman–Crippen LogP) is 5.28. The van der Waals surface area contributed by atoms with Gasteiger partial charge in [-0.15, -0.1) is 0 Å². The molecule has 0 aliphatic heterocycles. The van der Waals surface area contributed by atoms with Crippen LogP contribution in [0.1, 0.15) is 32.9 Å². The van der Waals surface area contributed by atoms with Crippen LogP contribution in [0.3, 0.4) is 0 Å². The van der Waals surface area contributed by atoms with Crippen LogP contribution >= 0.6 is 23.2 Å². The Morgan fingerprint density at radius 3 is 2.39 bits per heavy atom.